The maximum Gasteiger partial charge on any atom is 0.233 e. The van der Waals surface area contributed by atoms with E-state index in [0.29, 0.717) is 6.54 Å². The summed E-state index contributed by atoms with van der Waals surface area (Å²) < 4.78 is 0. The van der Waals surface area contributed by atoms with Crippen LogP contribution in [0.4, 0.5) is 5.95 Å². The van der Waals surface area contributed by atoms with Crippen LogP contribution in [0.5, 0.6) is 0 Å². The van der Waals surface area contributed by atoms with Crippen LogP contribution in [0.1, 0.15) is 54.1 Å². The standard InChI is InChI=1S/C24H24N5O/c25-23-27-19-8-7-16(24(9-10-24)22(30)29-11-3-4-12-29)13-18(19)21(28-23)20-17-6-2-1-5-15(17)14-26-20/h1-2,5-8,13,20H,3-4,9-12,14H2,(H2,25,27,28). The van der Waals surface area contributed by atoms with Gasteiger partial charge in [-0.25, -0.2) is 15.3 Å². The third-order valence-electron chi connectivity index (χ3n) is 6.90. The fraction of sp³-hybridized carbons (Fsp3) is 0.375. The fourth-order valence-electron chi connectivity index (χ4n) is 5.12. The van der Waals surface area contributed by atoms with E-state index in [1.165, 1.54) is 11.1 Å². The van der Waals surface area contributed by atoms with Crippen LogP contribution in [0, 0.1) is 0 Å². The molecule has 1 atom stereocenters. The Kier molecular flexibility index (Phi) is 3.87. The summed E-state index contributed by atoms with van der Waals surface area (Å²) in [5, 5.41) is 5.80. The van der Waals surface area contributed by atoms with Crippen LogP contribution in [0.25, 0.3) is 10.9 Å². The Morgan fingerprint density at radius 1 is 1.07 bits per heavy atom. The summed E-state index contributed by atoms with van der Waals surface area (Å²) in [5.74, 6) is 0.548. The van der Waals surface area contributed by atoms with E-state index in [0.717, 1.165) is 60.9 Å². The van der Waals surface area contributed by atoms with Crippen molar-refractivity contribution in [2.45, 2.75) is 43.7 Å². The second-order valence-corrected chi connectivity index (χ2v) is 8.72. The predicted molar refractivity (Wildman–Crippen MR) is 115 cm³/mol. The van der Waals surface area contributed by atoms with Crippen LogP contribution < -0.4 is 11.1 Å². The minimum absolute atomic E-state index is 0.145. The minimum Gasteiger partial charge on any atom is -0.368 e. The predicted octanol–water partition coefficient (Wildman–Crippen LogP) is 3.07. The minimum atomic E-state index is -0.373. The lowest BCUT2D eigenvalue weighted by molar-refractivity contribution is -0.132. The largest absolute Gasteiger partial charge is 0.368 e. The van der Waals surface area contributed by atoms with E-state index in [1.54, 1.807) is 0 Å². The third kappa shape index (κ3) is 2.63. The molecule has 0 spiro atoms. The van der Waals surface area contributed by atoms with Crippen LogP contribution in [0.3, 0.4) is 0 Å². The van der Waals surface area contributed by atoms with Crippen LogP contribution in [0.2, 0.25) is 0 Å². The molecule has 1 saturated heterocycles. The molecule has 151 valence electrons. The van der Waals surface area contributed by atoms with Crippen molar-refractivity contribution in [1.29, 1.82) is 0 Å². The van der Waals surface area contributed by atoms with Gasteiger partial charge in [0.15, 0.2) is 0 Å². The summed E-state index contributed by atoms with van der Waals surface area (Å²) in [4.78, 5) is 24.4. The number of hydrogen-bond donors (Lipinski definition) is 1. The molecule has 1 amide bonds. The number of aromatic nitrogens is 2. The van der Waals surface area contributed by atoms with Crippen molar-refractivity contribution in [3.8, 4) is 0 Å². The van der Waals surface area contributed by atoms with Gasteiger partial charge < -0.3 is 10.6 Å². The van der Waals surface area contributed by atoms with Crippen LogP contribution in [0.15, 0.2) is 42.5 Å². The van der Waals surface area contributed by atoms with Crippen molar-refractivity contribution in [2.75, 3.05) is 18.8 Å². The van der Waals surface area contributed by atoms with E-state index < -0.39 is 0 Å². The summed E-state index contributed by atoms with van der Waals surface area (Å²) >= 11 is 0. The Morgan fingerprint density at radius 3 is 2.67 bits per heavy atom. The number of hydrogen-bond acceptors (Lipinski definition) is 4. The first-order chi connectivity index (χ1) is 14.7. The number of fused-ring (bicyclic) bond motifs is 2. The van der Waals surface area contributed by atoms with Gasteiger partial charge in [0.2, 0.25) is 11.9 Å². The lowest BCUT2D eigenvalue weighted by Crippen LogP contribution is -2.37. The molecule has 2 aromatic carbocycles. The monoisotopic (exact) mass is 398 g/mol. The van der Waals surface area contributed by atoms with Crippen molar-refractivity contribution in [1.82, 2.24) is 20.2 Å². The van der Waals surface area contributed by atoms with Crippen LogP contribution >= 0.6 is 0 Å². The number of nitrogens with two attached hydrogens (primary N) is 1. The Hall–Kier alpha value is -2.99. The van der Waals surface area contributed by atoms with E-state index in [1.807, 2.05) is 23.1 Å². The molecule has 1 aromatic heterocycles. The summed E-state index contributed by atoms with van der Waals surface area (Å²) in [6, 6.07) is 14.3. The van der Waals surface area contributed by atoms with E-state index in [4.69, 9.17) is 11.1 Å². The summed E-state index contributed by atoms with van der Waals surface area (Å²) in [6.07, 6.45) is 4.05. The molecule has 6 rings (SSSR count). The van der Waals surface area contributed by atoms with Crippen molar-refractivity contribution < 1.29 is 4.79 Å². The quantitative estimate of drug-likeness (QED) is 0.735. The molecule has 3 heterocycles. The molecule has 30 heavy (non-hydrogen) atoms. The molecule has 1 aliphatic carbocycles. The summed E-state index contributed by atoms with van der Waals surface area (Å²) in [5.41, 5.74) is 10.8. The molecule has 3 aliphatic rings. The summed E-state index contributed by atoms with van der Waals surface area (Å²) in [7, 11) is 0. The van der Waals surface area contributed by atoms with Gasteiger partial charge in [0.1, 0.15) is 0 Å². The van der Waals surface area contributed by atoms with Crippen molar-refractivity contribution in [3.63, 3.8) is 0 Å². The van der Waals surface area contributed by atoms with Crippen molar-refractivity contribution in [2.24, 2.45) is 0 Å². The van der Waals surface area contributed by atoms with E-state index in [-0.39, 0.29) is 23.3 Å². The molecular formula is C24H24N5O. The number of nitrogens with zero attached hydrogens (tertiary/aromatic N) is 4. The molecule has 1 saturated carbocycles. The first kappa shape index (κ1) is 17.8. The van der Waals surface area contributed by atoms with Crippen LogP contribution in [-0.2, 0) is 16.8 Å². The van der Waals surface area contributed by atoms with Gasteiger partial charge in [-0.05, 0) is 54.5 Å². The van der Waals surface area contributed by atoms with Gasteiger partial charge in [0.05, 0.1) is 22.7 Å². The zero-order valence-corrected chi connectivity index (χ0v) is 16.8. The lowest BCUT2D eigenvalue weighted by atomic mass is 9.91. The van der Waals surface area contributed by atoms with Gasteiger partial charge in [-0.15, -0.1) is 0 Å². The highest BCUT2D eigenvalue weighted by Gasteiger charge is 2.53. The Bertz CT molecular complexity index is 1160. The number of carbonyl (C=O) groups excluding carboxylic acids is 1. The van der Waals surface area contributed by atoms with Gasteiger partial charge in [0.25, 0.3) is 0 Å². The molecule has 6 heteroatoms. The number of carbonyl (C=O) groups is 1. The molecule has 3 aromatic rings. The molecule has 2 aliphatic heterocycles. The number of rotatable bonds is 3. The van der Waals surface area contributed by atoms with E-state index >= 15 is 0 Å². The van der Waals surface area contributed by atoms with Crippen molar-refractivity contribution in [3.05, 3.63) is 64.8 Å². The maximum absolute atomic E-state index is 13.3. The highest BCUT2D eigenvalue weighted by molar-refractivity contribution is 5.93. The van der Waals surface area contributed by atoms with E-state index in [9.17, 15) is 4.79 Å². The van der Waals surface area contributed by atoms with Crippen molar-refractivity contribution >= 4 is 22.8 Å². The van der Waals surface area contributed by atoms with Gasteiger partial charge in [-0.2, -0.15) is 0 Å². The first-order valence-corrected chi connectivity index (χ1v) is 10.8. The molecule has 0 bridgehead atoms. The topological polar surface area (TPSA) is 86.2 Å². The third-order valence-corrected chi connectivity index (χ3v) is 6.90. The van der Waals surface area contributed by atoms with Gasteiger partial charge >= 0.3 is 0 Å². The van der Waals surface area contributed by atoms with Gasteiger partial charge in [-0.1, -0.05) is 30.3 Å². The molecule has 2 fully saturated rings. The second-order valence-electron chi connectivity index (χ2n) is 8.72. The molecule has 6 nitrogen and oxygen atoms in total. The molecular weight excluding hydrogens is 374 g/mol. The number of anilines is 1. The van der Waals surface area contributed by atoms with E-state index in [2.05, 4.69) is 34.2 Å². The highest BCUT2D eigenvalue weighted by atomic mass is 16.2. The fourth-order valence-corrected chi connectivity index (χ4v) is 5.12. The lowest BCUT2D eigenvalue weighted by Gasteiger charge is -2.23. The highest BCUT2D eigenvalue weighted by Crippen LogP contribution is 2.51. The molecule has 2 N–H and O–H groups in total. The van der Waals surface area contributed by atoms with Gasteiger partial charge in [0, 0.05) is 25.0 Å². The first-order valence-electron chi connectivity index (χ1n) is 10.8. The average Bonchev–Trinajstić information content (AvgIpc) is 3.20. The number of nitrogen functional groups attached to an aromatic ring is 1. The number of amides is 1. The van der Waals surface area contributed by atoms with Gasteiger partial charge in [-0.3, -0.25) is 4.79 Å². The second kappa shape index (κ2) is 6.51. The zero-order valence-electron chi connectivity index (χ0n) is 16.8. The number of likely N-dealkylation sites (tertiary alicyclic amines) is 1. The maximum atomic E-state index is 13.3. The van der Waals surface area contributed by atoms with Crippen LogP contribution in [-0.4, -0.2) is 33.9 Å². The Balaban J connectivity index is 1.46. The zero-order chi connectivity index (χ0) is 20.3. The normalized spacial score (nSPS) is 21.7. The average molecular weight is 398 g/mol. The Labute approximate surface area is 175 Å². The Morgan fingerprint density at radius 2 is 1.87 bits per heavy atom. The molecule has 1 unspecified atom stereocenters. The SMILES string of the molecule is Nc1nc(C2[N]Cc3ccccc32)c2cc(C3(C(=O)N4CCCC4)CC3)ccc2n1. The summed E-state index contributed by atoms with van der Waals surface area (Å²) in [6.45, 7) is 2.46. The smallest absolute Gasteiger partial charge is 0.233 e. The molecule has 1 radical (unpaired) electrons. The number of benzene rings is 2.